The van der Waals surface area contributed by atoms with Gasteiger partial charge in [0.05, 0.1) is 19.3 Å². The van der Waals surface area contributed by atoms with Crippen molar-refractivity contribution in [2.45, 2.75) is 82.9 Å². The van der Waals surface area contributed by atoms with E-state index in [0.29, 0.717) is 25.2 Å². The van der Waals surface area contributed by atoms with E-state index in [9.17, 15) is 23.5 Å². The van der Waals surface area contributed by atoms with E-state index in [0.717, 1.165) is 48.6 Å². The maximum atomic E-state index is 14.2. The Balaban J connectivity index is 1.88. The van der Waals surface area contributed by atoms with Crippen LogP contribution in [0.15, 0.2) is 42.5 Å². The van der Waals surface area contributed by atoms with Crippen molar-refractivity contribution in [3.8, 4) is 0 Å². The molecule has 3 rings (SSSR count). The number of nitrogens with zero attached hydrogens (tertiary/aromatic N) is 1. The summed E-state index contributed by atoms with van der Waals surface area (Å²) in [6.45, 7) is 4.80. The number of aliphatic hydroxyl groups is 1. The molecule has 232 valence electrons. The molecule has 1 saturated heterocycles. The lowest BCUT2D eigenvalue weighted by Crippen LogP contribution is -2.56. The van der Waals surface area contributed by atoms with E-state index in [1.807, 2.05) is 38.1 Å². The van der Waals surface area contributed by atoms with E-state index in [2.05, 4.69) is 10.6 Å². The quantitative estimate of drug-likeness (QED) is 0.252. The predicted octanol–water partition coefficient (Wildman–Crippen LogP) is 3.41. The van der Waals surface area contributed by atoms with Gasteiger partial charge < -0.3 is 35.8 Å². The van der Waals surface area contributed by atoms with Crippen LogP contribution in [-0.4, -0.2) is 72.7 Å². The number of urea groups is 1. The number of hydrogen-bond donors (Lipinski definition) is 4. The second-order valence-corrected chi connectivity index (χ2v) is 10.8. The third-order valence-corrected chi connectivity index (χ3v) is 7.45. The molecule has 42 heavy (non-hydrogen) atoms. The number of nitrogens with two attached hydrogens (primary N) is 1. The summed E-state index contributed by atoms with van der Waals surface area (Å²) in [5, 5.41) is 16.4. The zero-order chi connectivity index (χ0) is 30.7. The highest BCUT2D eigenvalue weighted by Crippen LogP contribution is 2.31. The van der Waals surface area contributed by atoms with Crippen LogP contribution < -0.4 is 16.4 Å². The zero-order valence-electron chi connectivity index (χ0n) is 24.7. The molecule has 1 aliphatic heterocycles. The maximum absolute atomic E-state index is 14.2. The van der Waals surface area contributed by atoms with Crippen molar-refractivity contribution in [2.24, 2.45) is 5.73 Å². The van der Waals surface area contributed by atoms with E-state index in [4.69, 9.17) is 15.2 Å². The van der Waals surface area contributed by atoms with E-state index in [-0.39, 0.29) is 25.9 Å². The van der Waals surface area contributed by atoms with Crippen LogP contribution >= 0.6 is 0 Å². The normalized spacial score (nSPS) is 16.5. The number of rotatable bonds is 15. The molecule has 9 nitrogen and oxygen atoms in total. The van der Waals surface area contributed by atoms with Crippen molar-refractivity contribution in [1.29, 1.82) is 0 Å². The summed E-state index contributed by atoms with van der Waals surface area (Å²) in [4.78, 5) is 28.1. The van der Waals surface area contributed by atoms with Gasteiger partial charge in [-0.25, -0.2) is 13.6 Å². The number of aliphatic hydroxyl groups excluding tert-OH is 1. The van der Waals surface area contributed by atoms with Crippen molar-refractivity contribution in [3.05, 3.63) is 70.8 Å². The number of hydrogen-bond acceptors (Lipinski definition) is 6. The lowest BCUT2D eigenvalue weighted by molar-refractivity contribution is -0.176. The molecule has 1 aliphatic rings. The van der Waals surface area contributed by atoms with Crippen molar-refractivity contribution in [3.63, 3.8) is 0 Å². The van der Waals surface area contributed by atoms with Gasteiger partial charge in [-0.1, -0.05) is 44.5 Å². The van der Waals surface area contributed by atoms with Gasteiger partial charge in [0.1, 0.15) is 17.7 Å². The van der Waals surface area contributed by atoms with Gasteiger partial charge in [0, 0.05) is 45.1 Å². The Bertz CT molecular complexity index is 1160. The highest BCUT2D eigenvalue weighted by Gasteiger charge is 2.42. The first-order valence-corrected chi connectivity index (χ1v) is 14.6. The van der Waals surface area contributed by atoms with Gasteiger partial charge in [-0.05, 0) is 48.1 Å². The summed E-state index contributed by atoms with van der Waals surface area (Å²) in [6, 6.07) is 8.34. The number of halogens is 2. The van der Waals surface area contributed by atoms with E-state index in [1.165, 1.54) is 11.9 Å². The smallest absolute Gasteiger partial charge is 0.315 e. The number of aryl methyl sites for hydroxylation is 1. The van der Waals surface area contributed by atoms with Crippen LogP contribution in [0.3, 0.4) is 0 Å². The van der Waals surface area contributed by atoms with Crippen LogP contribution in [0.5, 0.6) is 0 Å². The van der Waals surface area contributed by atoms with Gasteiger partial charge in [0.25, 0.3) is 0 Å². The van der Waals surface area contributed by atoms with E-state index >= 15 is 0 Å². The fourth-order valence-electron chi connectivity index (χ4n) is 5.17. The molecule has 0 aromatic heterocycles. The molecule has 1 fully saturated rings. The van der Waals surface area contributed by atoms with Crippen molar-refractivity contribution >= 4 is 11.9 Å². The summed E-state index contributed by atoms with van der Waals surface area (Å²) < 4.78 is 39.4. The average Bonchev–Trinajstić information content (AvgIpc) is 3.42. The molecule has 0 bridgehead atoms. The molecule has 0 radical (unpaired) electrons. The van der Waals surface area contributed by atoms with Crippen LogP contribution in [0.2, 0.25) is 0 Å². The number of nitrogens with one attached hydrogen (secondary N) is 2. The van der Waals surface area contributed by atoms with Gasteiger partial charge >= 0.3 is 6.03 Å². The number of ether oxygens (including phenoxy) is 2. The lowest BCUT2D eigenvalue weighted by Gasteiger charge is -2.35. The summed E-state index contributed by atoms with van der Waals surface area (Å²) >= 11 is 0. The predicted molar refractivity (Wildman–Crippen MR) is 155 cm³/mol. The van der Waals surface area contributed by atoms with Crippen LogP contribution in [0, 0.1) is 11.6 Å². The van der Waals surface area contributed by atoms with Crippen LogP contribution in [0.4, 0.5) is 13.6 Å². The fraction of sp³-hybridized carbons (Fsp3) is 0.548. The monoisotopic (exact) mass is 590 g/mol. The molecule has 3 atom stereocenters. The molecule has 2 aromatic rings. The SMILES string of the molecule is CCCCC1(C[C@@H](NC(=O)NC)C(=O)N(Cc2cccc(CC)c2)C[C@@H](O)[C@@H](N)Cc2cc(F)cc(F)c2)OCCO1. The molecule has 0 saturated carbocycles. The Morgan fingerprint density at radius 3 is 2.36 bits per heavy atom. The highest BCUT2D eigenvalue weighted by molar-refractivity contribution is 5.87. The highest BCUT2D eigenvalue weighted by atomic mass is 19.1. The number of benzene rings is 2. The van der Waals surface area contributed by atoms with Crippen LogP contribution in [-0.2, 0) is 33.7 Å². The van der Waals surface area contributed by atoms with Crippen LogP contribution in [0.25, 0.3) is 0 Å². The minimum absolute atomic E-state index is 0.00900. The summed E-state index contributed by atoms with van der Waals surface area (Å²) in [5.74, 6) is -2.95. The van der Waals surface area contributed by atoms with Gasteiger partial charge in [0.15, 0.2) is 5.79 Å². The van der Waals surface area contributed by atoms with Gasteiger partial charge in [-0.2, -0.15) is 0 Å². The van der Waals surface area contributed by atoms with E-state index in [1.54, 1.807) is 0 Å². The first-order chi connectivity index (χ1) is 20.1. The number of amides is 3. The Morgan fingerprint density at radius 1 is 1.07 bits per heavy atom. The van der Waals surface area contributed by atoms with Crippen molar-refractivity contribution < 1.29 is 33.0 Å². The maximum Gasteiger partial charge on any atom is 0.315 e. The van der Waals surface area contributed by atoms with Crippen LogP contribution in [0.1, 0.15) is 56.2 Å². The number of unbranched alkanes of at least 4 members (excludes halogenated alkanes) is 1. The third-order valence-electron chi connectivity index (χ3n) is 7.45. The molecule has 5 N–H and O–H groups in total. The molecular weight excluding hydrogens is 546 g/mol. The lowest BCUT2D eigenvalue weighted by atomic mass is 9.97. The summed E-state index contributed by atoms with van der Waals surface area (Å²) in [5.41, 5.74) is 8.48. The Labute approximate surface area is 246 Å². The van der Waals surface area contributed by atoms with Crippen molar-refractivity contribution in [2.75, 3.05) is 26.8 Å². The zero-order valence-corrected chi connectivity index (χ0v) is 24.7. The standard InChI is InChI=1S/C31H44F2N4O5/c1-4-6-10-31(41-11-12-42-31)18-27(36-30(40)35-3)29(39)37(19-22-9-7-8-21(5-2)13-22)20-28(38)26(34)16-23-14-24(32)17-25(33)15-23/h7-9,13-15,17,26-28,38H,4-6,10-12,16,18-20,34H2,1-3H3,(H2,35,36,40)/t26-,27+,28+/m0/s1. The fourth-order valence-corrected chi connectivity index (χ4v) is 5.17. The van der Waals surface area contributed by atoms with Crippen molar-refractivity contribution in [1.82, 2.24) is 15.5 Å². The molecule has 0 aliphatic carbocycles. The average molecular weight is 591 g/mol. The van der Waals surface area contributed by atoms with Gasteiger partial charge in [0.2, 0.25) is 5.91 Å². The molecule has 0 spiro atoms. The molecule has 0 unspecified atom stereocenters. The minimum atomic E-state index is -1.23. The Kier molecular flexibility index (Phi) is 12.7. The third kappa shape index (κ3) is 9.72. The first kappa shape index (κ1) is 33.4. The molecular formula is C31H44F2N4O5. The number of carbonyl (C=O) groups excluding carboxylic acids is 2. The molecule has 1 heterocycles. The topological polar surface area (TPSA) is 126 Å². The van der Waals surface area contributed by atoms with E-state index < -0.39 is 47.5 Å². The molecule has 2 aromatic carbocycles. The summed E-state index contributed by atoms with van der Waals surface area (Å²) in [7, 11) is 1.46. The Morgan fingerprint density at radius 2 is 1.74 bits per heavy atom. The largest absolute Gasteiger partial charge is 0.390 e. The van der Waals surface area contributed by atoms with Gasteiger partial charge in [-0.15, -0.1) is 0 Å². The first-order valence-electron chi connectivity index (χ1n) is 14.6. The summed E-state index contributed by atoms with van der Waals surface area (Å²) in [6.07, 6.45) is 1.90. The molecule has 3 amide bonds. The second-order valence-electron chi connectivity index (χ2n) is 10.8. The molecule has 11 heteroatoms. The van der Waals surface area contributed by atoms with Gasteiger partial charge in [-0.3, -0.25) is 4.79 Å². The minimum Gasteiger partial charge on any atom is -0.390 e. The number of carbonyl (C=O) groups is 2. The second kappa shape index (κ2) is 15.9. The Hall–Kier alpha value is -3.12.